The maximum absolute atomic E-state index is 12.0. The molecule has 4 heteroatoms. The zero-order chi connectivity index (χ0) is 11.4. The number of carbonyl (C=O) groups is 1. The Balaban J connectivity index is 1.98. The lowest BCUT2D eigenvalue weighted by Crippen LogP contribution is -2.39. The number of hydrogen-bond donors (Lipinski definition) is 2. The highest BCUT2D eigenvalue weighted by Crippen LogP contribution is 2.16. The van der Waals surface area contributed by atoms with Gasteiger partial charge in [-0.1, -0.05) is 18.2 Å². The summed E-state index contributed by atoms with van der Waals surface area (Å²) >= 11 is 0. The second kappa shape index (κ2) is 5.09. The lowest BCUT2D eigenvalue weighted by Gasteiger charge is -2.16. The largest absolute Gasteiger partial charge is 0.379 e. The van der Waals surface area contributed by atoms with Crippen molar-refractivity contribution in [3.05, 3.63) is 30.3 Å². The van der Waals surface area contributed by atoms with Crippen LogP contribution in [0.2, 0.25) is 0 Å². The van der Waals surface area contributed by atoms with Gasteiger partial charge < -0.3 is 15.4 Å². The number of likely N-dealkylation sites (N-methyl/N-ethyl adjacent to an activating group) is 1. The van der Waals surface area contributed by atoms with Gasteiger partial charge >= 0.3 is 0 Å². The van der Waals surface area contributed by atoms with Crippen LogP contribution in [0.15, 0.2) is 30.3 Å². The molecule has 1 aromatic rings. The molecule has 0 spiro atoms. The van der Waals surface area contributed by atoms with E-state index in [1.807, 2.05) is 37.4 Å². The van der Waals surface area contributed by atoms with E-state index in [9.17, 15) is 4.79 Å². The van der Waals surface area contributed by atoms with Crippen LogP contribution in [-0.4, -0.2) is 32.2 Å². The molecule has 2 N–H and O–H groups in total. The Kier molecular flexibility index (Phi) is 3.54. The average Bonchev–Trinajstić information content (AvgIpc) is 2.78. The molecular weight excluding hydrogens is 204 g/mol. The van der Waals surface area contributed by atoms with Crippen molar-refractivity contribution in [2.45, 2.75) is 6.04 Å². The third-order valence-corrected chi connectivity index (χ3v) is 2.83. The van der Waals surface area contributed by atoms with Crippen LogP contribution in [0.5, 0.6) is 0 Å². The number of para-hydroxylation sites is 1. The fourth-order valence-electron chi connectivity index (χ4n) is 1.85. The summed E-state index contributed by atoms with van der Waals surface area (Å²) in [5.74, 6) is -0.0896. The molecule has 1 aliphatic rings. The van der Waals surface area contributed by atoms with E-state index in [-0.39, 0.29) is 17.9 Å². The summed E-state index contributed by atoms with van der Waals surface area (Å²) in [5, 5.41) is 5.98. The molecular formula is C12H16N2O2. The molecule has 1 aliphatic heterocycles. The highest BCUT2D eigenvalue weighted by atomic mass is 16.5. The maximum atomic E-state index is 12.0. The number of benzene rings is 1. The first-order valence-corrected chi connectivity index (χ1v) is 5.42. The minimum Gasteiger partial charge on any atom is -0.379 e. The van der Waals surface area contributed by atoms with E-state index >= 15 is 0 Å². The second-order valence-electron chi connectivity index (χ2n) is 3.89. The SMILES string of the molecule is CNC1COCC1C(=O)Nc1ccccc1. The molecule has 1 heterocycles. The molecule has 2 unspecified atom stereocenters. The van der Waals surface area contributed by atoms with Gasteiger partial charge in [-0.2, -0.15) is 0 Å². The van der Waals surface area contributed by atoms with Crippen LogP contribution < -0.4 is 10.6 Å². The summed E-state index contributed by atoms with van der Waals surface area (Å²) in [6.07, 6.45) is 0. The topological polar surface area (TPSA) is 50.4 Å². The summed E-state index contributed by atoms with van der Waals surface area (Å²) in [6.45, 7) is 1.09. The van der Waals surface area contributed by atoms with Crippen LogP contribution in [0.25, 0.3) is 0 Å². The molecule has 4 nitrogen and oxygen atoms in total. The Labute approximate surface area is 95.0 Å². The van der Waals surface area contributed by atoms with Crippen molar-refractivity contribution in [1.82, 2.24) is 5.32 Å². The van der Waals surface area contributed by atoms with Gasteiger partial charge in [0.1, 0.15) is 0 Å². The fourth-order valence-corrected chi connectivity index (χ4v) is 1.85. The van der Waals surface area contributed by atoms with Crippen LogP contribution in [0, 0.1) is 5.92 Å². The molecule has 2 atom stereocenters. The van der Waals surface area contributed by atoms with Gasteiger partial charge in [0.05, 0.1) is 19.1 Å². The quantitative estimate of drug-likeness (QED) is 0.794. The fraction of sp³-hybridized carbons (Fsp3) is 0.417. The van der Waals surface area contributed by atoms with Crippen molar-refractivity contribution >= 4 is 11.6 Å². The number of rotatable bonds is 3. The zero-order valence-electron chi connectivity index (χ0n) is 9.27. The Morgan fingerprint density at radius 2 is 2.06 bits per heavy atom. The number of hydrogen-bond acceptors (Lipinski definition) is 3. The summed E-state index contributed by atoms with van der Waals surface area (Å²) in [4.78, 5) is 12.0. The van der Waals surface area contributed by atoms with Gasteiger partial charge in [-0.05, 0) is 19.2 Å². The number of ether oxygens (including phenoxy) is 1. The summed E-state index contributed by atoms with van der Waals surface area (Å²) in [5.41, 5.74) is 0.828. The lowest BCUT2D eigenvalue weighted by molar-refractivity contribution is -0.120. The van der Waals surface area contributed by atoms with Crippen LogP contribution in [0.1, 0.15) is 0 Å². The van der Waals surface area contributed by atoms with Gasteiger partial charge in [0.25, 0.3) is 0 Å². The third kappa shape index (κ3) is 2.40. The summed E-state index contributed by atoms with van der Waals surface area (Å²) < 4.78 is 5.30. The van der Waals surface area contributed by atoms with E-state index in [0.717, 1.165) is 5.69 Å². The average molecular weight is 220 g/mol. The van der Waals surface area contributed by atoms with Crippen molar-refractivity contribution in [2.75, 3.05) is 25.6 Å². The van der Waals surface area contributed by atoms with Gasteiger partial charge in [-0.15, -0.1) is 0 Å². The van der Waals surface area contributed by atoms with Crippen LogP contribution in [0.3, 0.4) is 0 Å². The Morgan fingerprint density at radius 3 is 2.75 bits per heavy atom. The van der Waals surface area contributed by atoms with Gasteiger partial charge in [-0.3, -0.25) is 4.79 Å². The molecule has 1 fully saturated rings. The number of carbonyl (C=O) groups excluding carboxylic acids is 1. The minimum absolute atomic E-state index is 0.0167. The number of amides is 1. The van der Waals surface area contributed by atoms with Gasteiger partial charge in [0.15, 0.2) is 0 Å². The van der Waals surface area contributed by atoms with Crippen LogP contribution in [0.4, 0.5) is 5.69 Å². The molecule has 2 rings (SSSR count). The molecule has 0 saturated carbocycles. The maximum Gasteiger partial charge on any atom is 0.231 e. The minimum atomic E-state index is -0.106. The van der Waals surface area contributed by atoms with Crippen molar-refractivity contribution in [2.24, 2.45) is 5.92 Å². The molecule has 16 heavy (non-hydrogen) atoms. The predicted molar refractivity (Wildman–Crippen MR) is 62.2 cm³/mol. The van der Waals surface area contributed by atoms with E-state index in [2.05, 4.69) is 10.6 Å². The number of nitrogens with one attached hydrogen (secondary N) is 2. The molecule has 0 bridgehead atoms. The van der Waals surface area contributed by atoms with Gasteiger partial charge in [0.2, 0.25) is 5.91 Å². The third-order valence-electron chi connectivity index (χ3n) is 2.83. The highest BCUT2D eigenvalue weighted by Gasteiger charge is 2.32. The smallest absolute Gasteiger partial charge is 0.231 e. The van der Waals surface area contributed by atoms with E-state index in [0.29, 0.717) is 13.2 Å². The van der Waals surface area contributed by atoms with E-state index in [1.165, 1.54) is 0 Å². The van der Waals surface area contributed by atoms with Crippen LogP contribution in [-0.2, 0) is 9.53 Å². The van der Waals surface area contributed by atoms with E-state index in [4.69, 9.17) is 4.74 Å². The van der Waals surface area contributed by atoms with Gasteiger partial charge in [-0.25, -0.2) is 0 Å². The van der Waals surface area contributed by atoms with Crippen LogP contribution >= 0.6 is 0 Å². The second-order valence-corrected chi connectivity index (χ2v) is 3.89. The van der Waals surface area contributed by atoms with Gasteiger partial charge in [0, 0.05) is 11.7 Å². The van der Waals surface area contributed by atoms with E-state index < -0.39 is 0 Å². The number of anilines is 1. The molecule has 0 aromatic heterocycles. The summed E-state index contributed by atoms with van der Waals surface area (Å²) in [6, 6.07) is 9.59. The van der Waals surface area contributed by atoms with Crippen molar-refractivity contribution in [3.63, 3.8) is 0 Å². The van der Waals surface area contributed by atoms with Crippen molar-refractivity contribution in [3.8, 4) is 0 Å². The normalized spacial score (nSPS) is 24.3. The van der Waals surface area contributed by atoms with E-state index in [1.54, 1.807) is 0 Å². The Morgan fingerprint density at radius 1 is 1.31 bits per heavy atom. The Bertz CT molecular complexity index is 353. The molecule has 0 radical (unpaired) electrons. The first-order valence-electron chi connectivity index (χ1n) is 5.42. The zero-order valence-corrected chi connectivity index (χ0v) is 9.27. The Hall–Kier alpha value is -1.39. The van der Waals surface area contributed by atoms with Crippen molar-refractivity contribution < 1.29 is 9.53 Å². The first kappa shape index (κ1) is 11.1. The molecule has 0 aliphatic carbocycles. The lowest BCUT2D eigenvalue weighted by atomic mass is 10.0. The first-order chi connectivity index (χ1) is 7.81. The standard InChI is InChI=1S/C12H16N2O2/c1-13-11-8-16-7-10(11)12(15)14-9-5-3-2-4-6-9/h2-6,10-11,13H,7-8H2,1H3,(H,14,15). The van der Waals surface area contributed by atoms with Crippen molar-refractivity contribution in [1.29, 1.82) is 0 Å². The monoisotopic (exact) mass is 220 g/mol. The summed E-state index contributed by atoms with van der Waals surface area (Å²) in [7, 11) is 1.85. The molecule has 1 amide bonds. The molecule has 1 saturated heterocycles. The predicted octanol–water partition coefficient (Wildman–Crippen LogP) is 0.859. The molecule has 1 aromatic carbocycles. The molecule has 86 valence electrons. The highest BCUT2D eigenvalue weighted by molar-refractivity contribution is 5.93.